The standard InChI is InChI=1S/C13H26N4O/c1-5-17-13(12(14)11(4)16-17)15-7-6-8-18-9-10(2)3/h10,15H,5-9,14H2,1-4H3. The number of hydrogen-bond acceptors (Lipinski definition) is 4. The van der Waals surface area contributed by atoms with Gasteiger partial charge in [-0.3, -0.25) is 0 Å². The number of hydrogen-bond donors (Lipinski definition) is 2. The molecular weight excluding hydrogens is 228 g/mol. The van der Waals surface area contributed by atoms with Gasteiger partial charge in [-0.1, -0.05) is 13.8 Å². The SMILES string of the molecule is CCn1nc(C)c(N)c1NCCCOCC(C)C. The summed E-state index contributed by atoms with van der Waals surface area (Å²) in [6.45, 7) is 11.6. The quantitative estimate of drug-likeness (QED) is 0.698. The third kappa shape index (κ3) is 4.22. The Kier molecular flexibility index (Phi) is 5.98. The van der Waals surface area contributed by atoms with Gasteiger partial charge in [0.05, 0.1) is 11.4 Å². The van der Waals surface area contributed by atoms with Crippen molar-refractivity contribution in [1.82, 2.24) is 9.78 Å². The second-order valence-corrected chi connectivity index (χ2v) is 4.91. The van der Waals surface area contributed by atoms with Crippen molar-refractivity contribution < 1.29 is 4.74 Å². The molecule has 104 valence electrons. The van der Waals surface area contributed by atoms with Gasteiger partial charge >= 0.3 is 0 Å². The fourth-order valence-electron chi connectivity index (χ4n) is 1.71. The number of ether oxygens (including phenoxy) is 1. The van der Waals surface area contributed by atoms with Gasteiger partial charge in [0, 0.05) is 26.3 Å². The Labute approximate surface area is 110 Å². The van der Waals surface area contributed by atoms with Crippen molar-refractivity contribution in [3.05, 3.63) is 5.69 Å². The maximum absolute atomic E-state index is 5.98. The van der Waals surface area contributed by atoms with Gasteiger partial charge in [-0.15, -0.1) is 0 Å². The summed E-state index contributed by atoms with van der Waals surface area (Å²) < 4.78 is 7.43. The number of aromatic nitrogens is 2. The molecule has 0 aliphatic heterocycles. The molecule has 0 fully saturated rings. The van der Waals surface area contributed by atoms with E-state index in [4.69, 9.17) is 10.5 Å². The Hall–Kier alpha value is -1.23. The van der Waals surface area contributed by atoms with E-state index in [9.17, 15) is 0 Å². The maximum Gasteiger partial charge on any atom is 0.148 e. The number of nitrogens with zero attached hydrogens (tertiary/aromatic N) is 2. The summed E-state index contributed by atoms with van der Waals surface area (Å²) in [6.07, 6.45) is 0.972. The zero-order chi connectivity index (χ0) is 13.5. The third-order valence-electron chi connectivity index (χ3n) is 2.68. The first kappa shape index (κ1) is 14.8. The minimum absolute atomic E-state index is 0.595. The van der Waals surface area contributed by atoms with Crippen molar-refractivity contribution in [2.45, 2.75) is 40.7 Å². The molecule has 5 nitrogen and oxygen atoms in total. The summed E-state index contributed by atoms with van der Waals surface area (Å²) in [7, 11) is 0. The van der Waals surface area contributed by atoms with Crippen LogP contribution in [0.2, 0.25) is 0 Å². The molecule has 0 aromatic carbocycles. The monoisotopic (exact) mass is 254 g/mol. The average Bonchev–Trinajstić information content (AvgIpc) is 2.60. The van der Waals surface area contributed by atoms with Gasteiger partial charge < -0.3 is 15.8 Å². The predicted molar refractivity (Wildman–Crippen MR) is 75.8 cm³/mol. The average molecular weight is 254 g/mol. The Morgan fingerprint density at radius 3 is 2.78 bits per heavy atom. The molecule has 0 aliphatic carbocycles. The van der Waals surface area contributed by atoms with Gasteiger partial charge in [-0.05, 0) is 26.2 Å². The number of nitrogens with one attached hydrogen (secondary N) is 1. The lowest BCUT2D eigenvalue weighted by Gasteiger charge is -2.10. The first-order valence-electron chi connectivity index (χ1n) is 6.70. The second kappa shape index (κ2) is 7.26. The fourth-order valence-corrected chi connectivity index (χ4v) is 1.71. The molecule has 0 spiro atoms. The van der Waals surface area contributed by atoms with Crippen LogP contribution < -0.4 is 11.1 Å². The van der Waals surface area contributed by atoms with Crippen LogP contribution >= 0.6 is 0 Å². The van der Waals surface area contributed by atoms with Gasteiger partial charge in [-0.2, -0.15) is 5.10 Å². The Bertz CT molecular complexity index is 360. The van der Waals surface area contributed by atoms with Crippen LogP contribution in [0.25, 0.3) is 0 Å². The highest BCUT2D eigenvalue weighted by Gasteiger charge is 2.10. The molecule has 1 heterocycles. The molecule has 5 heteroatoms. The van der Waals surface area contributed by atoms with Crippen LogP contribution in [0, 0.1) is 12.8 Å². The van der Waals surface area contributed by atoms with Crippen molar-refractivity contribution >= 4 is 11.5 Å². The van der Waals surface area contributed by atoms with Crippen LogP contribution in [-0.2, 0) is 11.3 Å². The van der Waals surface area contributed by atoms with Crippen LogP contribution in [0.1, 0.15) is 32.9 Å². The zero-order valence-electron chi connectivity index (χ0n) is 12.0. The van der Waals surface area contributed by atoms with Crippen molar-refractivity contribution in [1.29, 1.82) is 0 Å². The van der Waals surface area contributed by atoms with E-state index < -0.39 is 0 Å². The van der Waals surface area contributed by atoms with E-state index in [-0.39, 0.29) is 0 Å². The first-order valence-corrected chi connectivity index (χ1v) is 6.70. The van der Waals surface area contributed by atoms with Gasteiger partial charge in [-0.25, -0.2) is 4.68 Å². The van der Waals surface area contributed by atoms with Crippen LogP contribution in [0.4, 0.5) is 11.5 Å². The molecule has 3 N–H and O–H groups in total. The topological polar surface area (TPSA) is 65.1 Å². The summed E-state index contributed by atoms with van der Waals surface area (Å²) in [5, 5.41) is 7.70. The molecular formula is C13H26N4O. The van der Waals surface area contributed by atoms with E-state index in [1.54, 1.807) is 0 Å². The maximum atomic E-state index is 5.98. The van der Waals surface area contributed by atoms with Crippen molar-refractivity contribution in [3.8, 4) is 0 Å². The highest BCUT2D eigenvalue weighted by Crippen LogP contribution is 2.21. The lowest BCUT2D eigenvalue weighted by atomic mass is 10.2. The Balaban J connectivity index is 2.31. The normalized spacial score (nSPS) is 11.2. The summed E-state index contributed by atoms with van der Waals surface area (Å²) in [5.41, 5.74) is 7.62. The number of aryl methyl sites for hydroxylation is 2. The Morgan fingerprint density at radius 2 is 2.17 bits per heavy atom. The van der Waals surface area contributed by atoms with Crippen molar-refractivity contribution in [3.63, 3.8) is 0 Å². The van der Waals surface area contributed by atoms with Crippen LogP contribution in [0.5, 0.6) is 0 Å². The number of nitrogens with two attached hydrogens (primary N) is 1. The minimum Gasteiger partial charge on any atom is -0.394 e. The van der Waals surface area contributed by atoms with Crippen LogP contribution in [0.15, 0.2) is 0 Å². The van der Waals surface area contributed by atoms with E-state index in [0.717, 1.165) is 49.9 Å². The van der Waals surface area contributed by atoms with E-state index in [1.807, 2.05) is 11.6 Å². The smallest absolute Gasteiger partial charge is 0.148 e. The third-order valence-corrected chi connectivity index (χ3v) is 2.68. The molecule has 0 saturated carbocycles. The molecule has 0 unspecified atom stereocenters. The summed E-state index contributed by atoms with van der Waals surface area (Å²) in [5.74, 6) is 1.52. The van der Waals surface area contributed by atoms with E-state index >= 15 is 0 Å². The highest BCUT2D eigenvalue weighted by molar-refractivity contribution is 5.64. The van der Waals surface area contributed by atoms with Crippen molar-refractivity contribution in [2.75, 3.05) is 30.8 Å². The number of anilines is 2. The lowest BCUT2D eigenvalue weighted by molar-refractivity contribution is 0.110. The largest absolute Gasteiger partial charge is 0.394 e. The molecule has 0 amide bonds. The highest BCUT2D eigenvalue weighted by atomic mass is 16.5. The lowest BCUT2D eigenvalue weighted by Crippen LogP contribution is -2.12. The minimum atomic E-state index is 0.595. The van der Waals surface area contributed by atoms with Crippen LogP contribution in [-0.4, -0.2) is 29.5 Å². The number of nitrogen functional groups attached to an aromatic ring is 1. The molecule has 0 atom stereocenters. The summed E-state index contributed by atoms with van der Waals surface area (Å²) in [6, 6.07) is 0. The molecule has 1 aromatic heterocycles. The van der Waals surface area contributed by atoms with Gasteiger partial charge in [0.1, 0.15) is 5.82 Å². The number of rotatable bonds is 8. The van der Waals surface area contributed by atoms with Gasteiger partial charge in [0.15, 0.2) is 0 Å². The van der Waals surface area contributed by atoms with E-state index in [1.165, 1.54) is 0 Å². The molecule has 0 aliphatic rings. The molecule has 1 rings (SSSR count). The molecule has 0 saturated heterocycles. The molecule has 1 aromatic rings. The molecule has 0 radical (unpaired) electrons. The molecule has 18 heavy (non-hydrogen) atoms. The summed E-state index contributed by atoms with van der Waals surface area (Å²) >= 11 is 0. The fraction of sp³-hybridized carbons (Fsp3) is 0.769. The van der Waals surface area contributed by atoms with Crippen LogP contribution in [0.3, 0.4) is 0 Å². The van der Waals surface area contributed by atoms with E-state index in [0.29, 0.717) is 5.92 Å². The Morgan fingerprint density at radius 1 is 1.44 bits per heavy atom. The van der Waals surface area contributed by atoms with E-state index in [2.05, 4.69) is 31.2 Å². The van der Waals surface area contributed by atoms with Gasteiger partial charge in [0.25, 0.3) is 0 Å². The predicted octanol–water partition coefficient (Wildman–Crippen LogP) is 2.27. The zero-order valence-corrected chi connectivity index (χ0v) is 12.0. The van der Waals surface area contributed by atoms with Crippen molar-refractivity contribution in [2.24, 2.45) is 5.92 Å². The summed E-state index contributed by atoms with van der Waals surface area (Å²) in [4.78, 5) is 0. The molecule has 0 bridgehead atoms. The first-order chi connectivity index (χ1) is 8.56. The van der Waals surface area contributed by atoms with Gasteiger partial charge in [0.2, 0.25) is 0 Å². The second-order valence-electron chi connectivity index (χ2n) is 4.91.